The van der Waals surface area contributed by atoms with Crippen molar-refractivity contribution in [3.8, 4) is 0 Å². The zero-order valence-corrected chi connectivity index (χ0v) is 10.2. The largest absolute Gasteiger partial charge is 0.307 e. The first-order valence-corrected chi connectivity index (χ1v) is 5.93. The summed E-state index contributed by atoms with van der Waals surface area (Å²) >= 11 is 0. The number of hydrogen-bond donors (Lipinski definition) is 1. The summed E-state index contributed by atoms with van der Waals surface area (Å²) in [5, 5.41) is 7.65. The van der Waals surface area contributed by atoms with E-state index in [9.17, 15) is 0 Å². The lowest BCUT2D eigenvalue weighted by Gasteiger charge is -1.98. The molecule has 0 aliphatic heterocycles. The molecule has 0 amide bonds. The van der Waals surface area contributed by atoms with E-state index < -0.39 is 0 Å². The van der Waals surface area contributed by atoms with Crippen LogP contribution in [0.5, 0.6) is 0 Å². The van der Waals surface area contributed by atoms with Gasteiger partial charge in [0.05, 0.1) is 11.4 Å². The van der Waals surface area contributed by atoms with Crippen molar-refractivity contribution in [2.24, 2.45) is 7.05 Å². The van der Waals surface area contributed by atoms with Gasteiger partial charge in [-0.05, 0) is 18.2 Å². The van der Waals surface area contributed by atoms with E-state index in [1.54, 1.807) is 0 Å². The van der Waals surface area contributed by atoms with E-state index in [2.05, 4.69) is 15.4 Å². The predicted octanol–water partition coefficient (Wildman–Crippen LogP) is 1.36. The standard InChI is InChI=1S/C13H15N5/c1-17-7-5-11(16-17)8-14-9-12-10-18-6-3-2-4-13(18)15-12/h2-7,10,14H,8-9H2,1H3. The highest BCUT2D eigenvalue weighted by atomic mass is 15.3. The van der Waals surface area contributed by atoms with Crippen LogP contribution >= 0.6 is 0 Å². The van der Waals surface area contributed by atoms with Crippen molar-refractivity contribution >= 4 is 5.65 Å². The van der Waals surface area contributed by atoms with Gasteiger partial charge in [-0.2, -0.15) is 5.10 Å². The SMILES string of the molecule is Cn1ccc(CNCc2cn3ccccc3n2)n1. The van der Waals surface area contributed by atoms with Crippen LogP contribution in [-0.4, -0.2) is 19.2 Å². The molecule has 0 unspecified atom stereocenters. The molecule has 0 fully saturated rings. The molecule has 0 aliphatic carbocycles. The molecule has 92 valence electrons. The summed E-state index contributed by atoms with van der Waals surface area (Å²) in [5.41, 5.74) is 3.06. The fourth-order valence-electron chi connectivity index (χ4n) is 1.95. The average molecular weight is 241 g/mol. The van der Waals surface area contributed by atoms with Crippen LogP contribution in [0, 0.1) is 0 Å². The molecular weight excluding hydrogens is 226 g/mol. The minimum atomic E-state index is 0.748. The van der Waals surface area contributed by atoms with Crippen LogP contribution in [0.25, 0.3) is 5.65 Å². The first-order valence-electron chi connectivity index (χ1n) is 5.93. The van der Waals surface area contributed by atoms with Gasteiger partial charge < -0.3 is 9.72 Å². The van der Waals surface area contributed by atoms with Crippen molar-refractivity contribution in [3.05, 3.63) is 54.2 Å². The number of aryl methyl sites for hydroxylation is 1. The van der Waals surface area contributed by atoms with Gasteiger partial charge in [-0.25, -0.2) is 4.98 Å². The summed E-state index contributed by atoms with van der Waals surface area (Å²) in [6, 6.07) is 8.01. The second-order valence-corrected chi connectivity index (χ2v) is 4.28. The Kier molecular flexibility index (Phi) is 2.82. The molecule has 0 radical (unpaired) electrons. The first-order chi connectivity index (χ1) is 8.81. The summed E-state index contributed by atoms with van der Waals surface area (Å²) in [4.78, 5) is 4.52. The third kappa shape index (κ3) is 2.26. The molecule has 1 N–H and O–H groups in total. The number of pyridine rings is 1. The van der Waals surface area contributed by atoms with Crippen LogP contribution in [0.4, 0.5) is 0 Å². The van der Waals surface area contributed by atoms with E-state index in [1.807, 2.05) is 59.0 Å². The van der Waals surface area contributed by atoms with E-state index in [0.29, 0.717) is 0 Å². The van der Waals surface area contributed by atoms with Gasteiger partial charge in [-0.1, -0.05) is 6.07 Å². The maximum absolute atomic E-state index is 4.52. The molecule has 0 aromatic carbocycles. The Bertz CT molecular complexity index is 619. The molecule has 0 bridgehead atoms. The fraction of sp³-hybridized carbons (Fsp3) is 0.231. The molecule has 3 heterocycles. The number of rotatable bonds is 4. The monoisotopic (exact) mass is 241 g/mol. The highest BCUT2D eigenvalue weighted by molar-refractivity contribution is 5.39. The number of imidazole rings is 1. The quantitative estimate of drug-likeness (QED) is 0.750. The Morgan fingerprint density at radius 3 is 2.78 bits per heavy atom. The maximum atomic E-state index is 4.52. The predicted molar refractivity (Wildman–Crippen MR) is 68.9 cm³/mol. The minimum Gasteiger partial charge on any atom is -0.307 e. The Morgan fingerprint density at radius 1 is 1.11 bits per heavy atom. The summed E-state index contributed by atoms with van der Waals surface area (Å²) in [7, 11) is 1.92. The van der Waals surface area contributed by atoms with Gasteiger partial charge in [0.25, 0.3) is 0 Å². The lowest BCUT2D eigenvalue weighted by atomic mass is 10.4. The molecule has 18 heavy (non-hydrogen) atoms. The second kappa shape index (κ2) is 4.62. The normalized spacial score (nSPS) is 11.2. The molecule has 3 aromatic rings. The Morgan fingerprint density at radius 2 is 2.00 bits per heavy atom. The third-order valence-corrected chi connectivity index (χ3v) is 2.79. The summed E-state index contributed by atoms with van der Waals surface area (Å²) in [6.45, 7) is 1.51. The molecule has 0 saturated heterocycles. The number of fused-ring (bicyclic) bond motifs is 1. The van der Waals surface area contributed by atoms with Crippen LogP contribution in [0.1, 0.15) is 11.4 Å². The highest BCUT2D eigenvalue weighted by Gasteiger charge is 2.01. The molecule has 0 saturated carbocycles. The van der Waals surface area contributed by atoms with Crippen molar-refractivity contribution in [1.82, 2.24) is 24.5 Å². The van der Waals surface area contributed by atoms with Gasteiger partial charge in [-0.3, -0.25) is 4.68 Å². The number of nitrogens with one attached hydrogen (secondary N) is 1. The highest BCUT2D eigenvalue weighted by Crippen LogP contribution is 2.04. The van der Waals surface area contributed by atoms with E-state index in [0.717, 1.165) is 30.1 Å². The van der Waals surface area contributed by atoms with Crippen molar-refractivity contribution in [2.75, 3.05) is 0 Å². The average Bonchev–Trinajstić information content (AvgIpc) is 2.95. The summed E-state index contributed by atoms with van der Waals surface area (Å²) < 4.78 is 3.83. The molecule has 5 heteroatoms. The third-order valence-electron chi connectivity index (χ3n) is 2.79. The van der Waals surface area contributed by atoms with Crippen LogP contribution < -0.4 is 5.32 Å². The smallest absolute Gasteiger partial charge is 0.137 e. The Balaban J connectivity index is 1.62. The lowest BCUT2D eigenvalue weighted by Crippen LogP contribution is -2.13. The zero-order chi connectivity index (χ0) is 12.4. The van der Waals surface area contributed by atoms with E-state index >= 15 is 0 Å². The van der Waals surface area contributed by atoms with E-state index in [1.165, 1.54) is 0 Å². The van der Waals surface area contributed by atoms with Crippen LogP contribution in [-0.2, 0) is 20.1 Å². The first kappa shape index (κ1) is 11.0. The molecule has 0 aliphatic rings. The van der Waals surface area contributed by atoms with Crippen LogP contribution in [0.2, 0.25) is 0 Å². The molecule has 0 atom stereocenters. The Hall–Kier alpha value is -2.14. The van der Waals surface area contributed by atoms with Crippen molar-refractivity contribution in [3.63, 3.8) is 0 Å². The van der Waals surface area contributed by atoms with Crippen molar-refractivity contribution in [2.45, 2.75) is 13.1 Å². The van der Waals surface area contributed by atoms with Gasteiger partial charge in [0.1, 0.15) is 5.65 Å². The second-order valence-electron chi connectivity index (χ2n) is 4.28. The topological polar surface area (TPSA) is 47.2 Å². The number of hydrogen-bond acceptors (Lipinski definition) is 3. The van der Waals surface area contributed by atoms with Crippen molar-refractivity contribution in [1.29, 1.82) is 0 Å². The van der Waals surface area contributed by atoms with Gasteiger partial charge in [0.15, 0.2) is 0 Å². The van der Waals surface area contributed by atoms with Gasteiger partial charge >= 0.3 is 0 Å². The van der Waals surface area contributed by atoms with Crippen LogP contribution in [0.15, 0.2) is 42.9 Å². The molecule has 3 aromatic heterocycles. The number of nitrogens with zero attached hydrogens (tertiary/aromatic N) is 4. The molecule has 5 nitrogen and oxygen atoms in total. The fourth-order valence-corrected chi connectivity index (χ4v) is 1.95. The number of aromatic nitrogens is 4. The van der Waals surface area contributed by atoms with E-state index in [4.69, 9.17) is 0 Å². The lowest BCUT2D eigenvalue weighted by molar-refractivity contribution is 0.650. The van der Waals surface area contributed by atoms with Crippen molar-refractivity contribution < 1.29 is 0 Å². The van der Waals surface area contributed by atoms with Gasteiger partial charge in [0, 0.05) is 38.7 Å². The minimum absolute atomic E-state index is 0.748. The van der Waals surface area contributed by atoms with Gasteiger partial charge in [0.2, 0.25) is 0 Å². The van der Waals surface area contributed by atoms with Gasteiger partial charge in [-0.15, -0.1) is 0 Å². The van der Waals surface area contributed by atoms with Crippen LogP contribution in [0.3, 0.4) is 0 Å². The molecular formula is C13H15N5. The van der Waals surface area contributed by atoms with E-state index in [-0.39, 0.29) is 0 Å². The molecule has 3 rings (SSSR count). The summed E-state index contributed by atoms with van der Waals surface area (Å²) in [6.07, 6.45) is 5.99. The molecule has 0 spiro atoms. The Labute approximate surface area is 105 Å². The zero-order valence-electron chi connectivity index (χ0n) is 10.2. The maximum Gasteiger partial charge on any atom is 0.137 e. The summed E-state index contributed by atoms with van der Waals surface area (Å²) in [5.74, 6) is 0.